The summed E-state index contributed by atoms with van der Waals surface area (Å²) in [6.45, 7) is 3.98. The molecule has 136 valence electrons. The Kier molecular flexibility index (Phi) is 5.92. The highest BCUT2D eigenvalue weighted by Gasteiger charge is 2.28. The van der Waals surface area contributed by atoms with Crippen molar-refractivity contribution in [3.05, 3.63) is 65.2 Å². The van der Waals surface area contributed by atoms with E-state index in [0.717, 1.165) is 22.4 Å². The normalized spacial score (nSPS) is 19.7. The van der Waals surface area contributed by atoms with Crippen LogP contribution in [0.3, 0.4) is 0 Å². The maximum atomic E-state index is 12.3. The van der Waals surface area contributed by atoms with Crippen LogP contribution in [0.5, 0.6) is 0 Å². The quantitative estimate of drug-likeness (QED) is 0.649. The second kappa shape index (κ2) is 8.35. The fourth-order valence-corrected chi connectivity index (χ4v) is 3.48. The SMILES string of the molecule is Cc1ccc(NC(=O)CSC2NNC(c3ccccc3)C(=O)N2)c(C)c1. The lowest BCUT2D eigenvalue weighted by atomic mass is 10.1. The average Bonchev–Trinajstić information content (AvgIpc) is 2.63. The summed E-state index contributed by atoms with van der Waals surface area (Å²) in [5, 5.41) is 5.78. The van der Waals surface area contributed by atoms with E-state index >= 15 is 0 Å². The molecule has 1 heterocycles. The van der Waals surface area contributed by atoms with Crippen LogP contribution in [0.15, 0.2) is 48.5 Å². The zero-order valence-electron chi connectivity index (χ0n) is 14.7. The van der Waals surface area contributed by atoms with Crippen LogP contribution in [0.25, 0.3) is 0 Å². The Balaban J connectivity index is 1.48. The number of hydrogen-bond acceptors (Lipinski definition) is 5. The maximum Gasteiger partial charge on any atom is 0.244 e. The molecule has 4 N–H and O–H groups in total. The minimum absolute atomic E-state index is 0.108. The maximum absolute atomic E-state index is 12.3. The number of anilines is 1. The van der Waals surface area contributed by atoms with Gasteiger partial charge in [0.2, 0.25) is 11.8 Å². The van der Waals surface area contributed by atoms with Crippen LogP contribution >= 0.6 is 11.8 Å². The molecule has 1 fully saturated rings. The minimum Gasteiger partial charge on any atom is -0.329 e. The number of benzene rings is 2. The highest BCUT2D eigenvalue weighted by molar-refractivity contribution is 8.00. The molecule has 2 amide bonds. The van der Waals surface area contributed by atoms with Crippen molar-refractivity contribution in [3.8, 4) is 0 Å². The molecular formula is C19H22N4O2S. The van der Waals surface area contributed by atoms with Crippen molar-refractivity contribution in [1.82, 2.24) is 16.2 Å². The van der Waals surface area contributed by atoms with Gasteiger partial charge in [0.05, 0.1) is 5.75 Å². The van der Waals surface area contributed by atoms with Crippen molar-refractivity contribution < 1.29 is 9.59 Å². The monoisotopic (exact) mass is 370 g/mol. The van der Waals surface area contributed by atoms with Gasteiger partial charge < -0.3 is 10.6 Å². The third-order valence-electron chi connectivity index (χ3n) is 4.06. The molecule has 1 aliphatic heterocycles. The number of hydrazine groups is 1. The van der Waals surface area contributed by atoms with E-state index in [0.29, 0.717) is 0 Å². The molecule has 0 aromatic heterocycles. The fraction of sp³-hybridized carbons (Fsp3) is 0.263. The van der Waals surface area contributed by atoms with Gasteiger partial charge in [-0.3, -0.25) is 9.59 Å². The summed E-state index contributed by atoms with van der Waals surface area (Å²) >= 11 is 1.32. The van der Waals surface area contributed by atoms with Gasteiger partial charge in [-0.1, -0.05) is 48.0 Å². The van der Waals surface area contributed by atoms with Crippen LogP contribution in [-0.4, -0.2) is 23.1 Å². The summed E-state index contributed by atoms with van der Waals surface area (Å²) in [7, 11) is 0. The van der Waals surface area contributed by atoms with Crippen molar-refractivity contribution in [2.45, 2.75) is 25.4 Å². The van der Waals surface area contributed by atoms with E-state index in [1.807, 2.05) is 62.4 Å². The largest absolute Gasteiger partial charge is 0.329 e. The van der Waals surface area contributed by atoms with E-state index < -0.39 is 6.04 Å². The predicted octanol–water partition coefficient (Wildman–Crippen LogP) is 2.22. The fourth-order valence-electron chi connectivity index (χ4n) is 2.74. The Morgan fingerprint density at radius 1 is 1.12 bits per heavy atom. The zero-order valence-corrected chi connectivity index (χ0v) is 15.5. The molecule has 26 heavy (non-hydrogen) atoms. The number of hydrogen-bond donors (Lipinski definition) is 4. The van der Waals surface area contributed by atoms with Gasteiger partial charge in [0.1, 0.15) is 11.5 Å². The van der Waals surface area contributed by atoms with Gasteiger partial charge in [-0.15, -0.1) is 11.8 Å². The molecule has 2 aromatic carbocycles. The predicted molar refractivity (Wildman–Crippen MR) is 104 cm³/mol. The molecule has 0 spiro atoms. The Morgan fingerprint density at radius 3 is 2.58 bits per heavy atom. The van der Waals surface area contributed by atoms with E-state index in [4.69, 9.17) is 0 Å². The molecule has 1 aliphatic rings. The summed E-state index contributed by atoms with van der Waals surface area (Å²) in [5.74, 6) is -0.00595. The molecule has 0 radical (unpaired) electrons. The van der Waals surface area contributed by atoms with Gasteiger partial charge in [0, 0.05) is 5.69 Å². The highest BCUT2D eigenvalue weighted by atomic mass is 32.2. The number of thioether (sulfide) groups is 1. The van der Waals surface area contributed by atoms with Gasteiger partial charge in [0.15, 0.2) is 0 Å². The number of carbonyl (C=O) groups is 2. The highest BCUT2D eigenvalue weighted by Crippen LogP contribution is 2.19. The lowest BCUT2D eigenvalue weighted by Crippen LogP contribution is -2.60. The summed E-state index contributed by atoms with van der Waals surface area (Å²) in [6, 6.07) is 14.9. The molecule has 2 aromatic rings. The van der Waals surface area contributed by atoms with Crippen molar-refractivity contribution in [2.24, 2.45) is 0 Å². The number of carbonyl (C=O) groups excluding carboxylic acids is 2. The molecular weight excluding hydrogens is 348 g/mol. The first kappa shape index (κ1) is 18.4. The lowest BCUT2D eigenvalue weighted by molar-refractivity contribution is -0.126. The van der Waals surface area contributed by atoms with Crippen LogP contribution in [0, 0.1) is 13.8 Å². The van der Waals surface area contributed by atoms with Crippen LogP contribution in [0.1, 0.15) is 22.7 Å². The molecule has 1 saturated heterocycles. The summed E-state index contributed by atoms with van der Waals surface area (Å²) in [6.07, 6.45) is 0. The van der Waals surface area contributed by atoms with Gasteiger partial charge in [-0.2, -0.15) is 0 Å². The summed E-state index contributed by atoms with van der Waals surface area (Å²) < 4.78 is 0. The van der Waals surface area contributed by atoms with Crippen LogP contribution in [-0.2, 0) is 9.59 Å². The first-order chi connectivity index (χ1) is 12.5. The third-order valence-corrected chi connectivity index (χ3v) is 5.06. The average molecular weight is 370 g/mol. The number of nitrogens with one attached hydrogen (secondary N) is 4. The van der Waals surface area contributed by atoms with E-state index in [9.17, 15) is 9.59 Å². The van der Waals surface area contributed by atoms with Crippen molar-refractivity contribution in [2.75, 3.05) is 11.1 Å². The zero-order chi connectivity index (χ0) is 18.5. The molecule has 0 saturated carbocycles. The molecule has 6 nitrogen and oxygen atoms in total. The molecule has 0 bridgehead atoms. The Bertz CT molecular complexity index is 797. The summed E-state index contributed by atoms with van der Waals surface area (Å²) in [4.78, 5) is 24.5. The molecule has 0 aliphatic carbocycles. The minimum atomic E-state index is -0.447. The van der Waals surface area contributed by atoms with E-state index in [1.54, 1.807) is 0 Å². The van der Waals surface area contributed by atoms with Crippen molar-refractivity contribution in [3.63, 3.8) is 0 Å². The van der Waals surface area contributed by atoms with Crippen molar-refractivity contribution in [1.29, 1.82) is 0 Å². The van der Waals surface area contributed by atoms with Crippen LogP contribution in [0.2, 0.25) is 0 Å². The third kappa shape index (κ3) is 4.63. The van der Waals surface area contributed by atoms with Crippen LogP contribution in [0.4, 0.5) is 5.69 Å². The number of amides is 2. The molecule has 7 heteroatoms. The van der Waals surface area contributed by atoms with Gasteiger partial charge in [-0.05, 0) is 31.0 Å². The molecule has 3 rings (SSSR count). The number of rotatable bonds is 5. The van der Waals surface area contributed by atoms with Gasteiger partial charge in [-0.25, -0.2) is 10.9 Å². The molecule has 2 unspecified atom stereocenters. The van der Waals surface area contributed by atoms with Crippen molar-refractivity contribution >= 4 is 29.3 Å². The standard InChI is InChI=1S/C19H22N4O2S/c1-12-8-9-15(13(2)10-12)20-16(24)11-26-19-21-18(25)17(22-23-19)14-6-4-3-5-7-14/h3-10,17,19,22-23H,11H2,1-2H3,(H,20,24)(H,21,25). The summed E-state index contributed by atoms with van der Waals surface area (Å²) in [5.41, 5.74) is 9.55. The van der Waals surface area contributed by atoms with E-state index in [-0.39, 0.29) is 23.1 Å². The van der Waals surface area contributed by atoms with E-state index in [2.05, 4.69) is 21.5 Å². The van der Waals surface area contributed by atoms with E-state index in [1.165, 1.54) is 11.8 Å². The topological polar surface area (TPSA) is 82.3 Å². The smallest absolute Gasteiger partial charge is 0.244 e. The van der Waals surface area contributed by atoms with Gasteiger partial charge in [0.25, 0.3) is 0 Å². The second-order valence-corrected chi connectivity index (χ2v) is 7.29. The Hall–Kier alpha value is -2.35. The number of aryl methyl sites for hydroxylation is 2. The van der Waals surface area contributed by atoms with Crippen LogP contribution < -0.4 is 21.5 Å². The first-order valence-corrected chi connectivity index (χ1v) is 9.43. The Morgan fingerprint density at radius 2 is 1.88 bits per heavy atom. The second-order valence-electron chi connectivity index (χ2n) is 6.20. The lowest BCUT2D eigenvalue weighted by Gasteiger charge is -2.31. The van der Waals surface area contributed by atoms with Gasteiger partial charge >= 0.3 is 0 Å². The first-order valence-electron chi connectivity index (χ1n) is 8.38. The molecule has 2 atom stereocenters. The Labute approximate surface area is 157 Å².